The summed E-state index contributed by atoms with van der Waals surface area (Å²) in [5.41, 5.74) is 0. The first-order valence-corrected chi connectivity index (χ1v) is 8.67. The highest BCUT2D eigenvalue weighted by Gasteiger charge is 2.14. The van der Waals surface area contributed by atoms with Crippen LogP contribution in [0, 0.1) is 0 Å². The molecule has 0 aliphatic carbocycles. The Morgan fingerprint density at radius 1 is 1.38 bits per heavy atom. The molecule has 0 aromatic carbocycles. The Bertz CT molecular complexity index is 172. The van der Waals surface area contributed by atoms with Crippen LogP contribution in [-0.2, 0) is 0 Å². The van der Waals surface area contributed by atoms with Crippen molar-refractivity contribution in [2.45, 2.75) is 49.9 Å². The molecule has 0 spiro atoms. The van der Waals surface area contributed by atoms with Crippen LogP contribution in [0.3, 0.4) is 0 Å². The third kappa shape index (κ3) is 7.05. The average molecular weight is 263 g/mol. The minimum atomic E-state index is -0.136. The van der Waals surface area contributed by atoms with E-state index in [9.17, 15) is 5.11 Å². The zero-order valence-corrected chi connectivity index (χ0v) is 12.2. The van der Waals surface area contributed by atoms with Crippen LogP contribution in [0.5, 0.6) is 0 Å². The van der Waals surface area contributed by atoms with Crippen molar-refractivity contribution in [2.75, 3.05) is 26.4 Å². The summed E-state index contributed by atoms with van der Waals surface area (Å²) in [6, 6.07) is 0. The molecule has 1 aliphatic rings. The molecule has 1 heterocycles. The van der Waals surface area contributed by atoms with Gasteiger partial charge in [-0.05, 0) is 39.8 Å². The highest BCUT2D eigenvalue weighted by molar-refractivity contribution is 8.77. The Kier molecular flexibility index (Phi) is 7.96. The molecule has 1 fully saturated rings. The molecule has 4 heteroatoms. The van der Waals surface area contributed by atoms with Crippen molar-refractivity contribution >= 4 is 21.6 Å². The molecule has 1 aliphatic heterocycles. The second-order valence-corrected chi connectivity index (χ2v) is 7.67. The lowest BCUT2D eigenvalue weighted by molar-refractivity contribution is 0.125. The molecule has 16 heavy (non-hydrogen) atoms. The number of aliphatic hydroxyl groups excluding tert-OH is 1. The summed E-state index contributed by atoms with van der Waals surface area (Å²) >= 11 is 0. The standard InChI is InChI=1S/C12H25NOS2/c1-13(2)10-11(14)6-3-4-7-12-8-5-9-15-16-12/h11-12,14H,3-10H2,1-2H3. The quantitative estimate of drug-likeness (QED) is 0.563. The molecular weight excluding hydrogens is 238 g/mol. The average Bonchev–Trinajstić information content (AvgIpc) is 2.25. The lowest BCUT2D eigenvalue weighted by Gasteiger charge is -2.20. The molecule has 1 rings (SSSR count). The molecule has 1 N–H and O–H groups in total. The van der Waals surface area contributed by atoms with Gasteiger partial charge in [0.15, 0.2) is 0 Å². The predicted molar refractivity (Wildman–Crippen MR) is 76.1 cm³/mol. The van der Waals surface area contributed by atoms with Crippen LogP contribution in [-0.4, -0.2) is 47.8 Å². The fraction of sp³-hybridized carbons (Fsp3) is 1.00. The highest BCUT2D eigenvalue weighted by atomic mass is 33.1. The highest BCUT2D eigenvalue weighted by Crippen LogP contribution is 2.38. The van der Waals surface area contributed by atoms with Crippen molar-refractivity contribution in [3.05, 3.63) is 0 Å². The minimum Gasteiger partial charge on any atom is -0.392 e. The molecule has 0 saturated carbocycles. The Balaban J connectivity index is 1.94. The van der Waals surface area contributed by atoms with E-state index in [4.69, 9.17) is 0 Å². The molecule has 0 radical (unpaired) electrons. The van der Waals surface area contributed by atoms with Crippen molar-refractivity contribution in [1.82, 2.24) is 4.90 Å². The number of hydrogen-bond acceptors (Lipinski definition) is 4. The van der Waals surface area contributed by atoms with Crippen LogP contribution in [0.1, 0.15) is 38.5 Å². The summed E-state index contributed by atoms with van der Waals surface area (Å²) in [6.07, 6.45) is 7.42. The van der Waals surface area contributed by atoms with Crippen molar-refractivity contribution < 1.29 is 5.11 Å². The van der Waals surface area contributed by atoms with Crippen LogP contribution >= 0.6 is 21.6 Å². The van der Waals surface area contributed by atoms with Crippen LogP contribution < -0.4 is 0 Å². The summed E-state index contributed by atoms with van der Waals surface area (Å²) in [7, 11) is 8.14. The third-order valence-corrected chi connectivity index (χ3v) is 5.91. The number of unbranched alkanes of at least 4 members (excludes halogenated alkanes) is 1. The molecule has 2 unspecified atom stereocenters. The second kappa shape index (κ2) is 8.67. The van der Waals surface area contributed by atoms with Crippen LogP contribution in [0.15, 0.2) is 0 Å². The van der Waals surface area contributed by atoms with Gasteiger partial charge in [0, 0.05) is 17.5 Å². The topological polar surface area (TPSA) is 23.5 Å². The Hall–Kier alpha value is 0.620. The zero-order valence-electron chi connectivity index (χ0n) is 10.5. The maximum atomic E-state index is 9.71. The van der Waals surface area contributed by atoms with Gasteiger partial charge in [-0.3, -0.25) is 0 Å². The van der Waals surface area contributed by atoms with E-state index >= 15 is 0 Å². The molecule has 96 valence electrons. The number of likely N-dealkylation sites (N-methyl/N-ethyl adjacent to an activating group) is 1. The van der Waals surface area contributed by atoms with E-state index in [1.165, 1.54) is 37.9 Å². The number of hydrogen-bond donors (Lipinski definition) is 1. The van der Waals surface area contributed by atoms with Gasteiger partial charge >= 0.3 is 0 Å². The smallest absolute Gasteiger partial charge is 0.0666 e. The van der Waals surface area contributed by atoms with E-state index in [0.29, 0.717) is 0 Å². The van der Waals surface area contributed by atoms with E-state index in [-0.39, 0.29) is 6.10 Å². The molecule has 1 saturated heterocycles. The monoisotopic (exact) mass is 263 g/mol. The second-order valence-electron chi connectivity index (χ2n) is 4.88. The molecule has 0 aromatic rings. The van der Waals surface area contributed by atoms with Gasteiger partial charge in [0.2, 0.25) is 0 Å². The van der Waals surface area contributed by atoms with Crippen molar-refractivity contribution in [2.24, 2.45) is 0 Å². The maximum absolute atomic E-state index is 9.71. The van der Waals surface area contributed by atoms with E-state index in [1.807, 2.05) is 24.9 Å². The Morgan fingerprint density at radius 2 is 2.19 bits per heavy atom. The maximum Gasteiger partial charge on any atom is 0.0666 e. The van der Waals surface area contributed by atoms with Gasteiger partial charge < -0.3 is 10.0 Å². The van der Waals surface area contributed by atoms with Crippen molar-refractivity contribution in [3.63, 3.8) is 0 Å². The van der Waals surface area contributed by atoms with Crippen molar-refractivity contribution in [1.29, 1.82) is 0 Å². The molecule has 0 bridgehead atoms. The van der Waals surface area contributed by atoms with Gasteiger partial charge in [0.25, 0.3) is 0 Å². The fourth-order valence-corrected chi connectivity index (χ4v) is 4.92. The lowest BCUT2D eigenvalue weighted by atomic mass is 10.1. The minimum absolute atomic E-state index is 0.136. The lowest BCUT2D eigenvalue weighted by Crippen LogP contribution is -2.25. The van der Waals surface area contributed by atoms with E-state index in [2.05, 4.69) is 15.7 Å². The molecule has 0 aromatic heterocycles. The third-order valence-electron chi connectivity index (χ3n) is 2.85. The summed E-state index contributed by atoms with van der Waals surface area (Å²) in [4.78, 5) is 2.05. The zero-order chi connectivity index (χ0) is 11.8. The first-order chi connectivity index (χ1) is 7.68. The fourth-order valence-electron chi connectivity index (χ4n) is 2.02. The van der Waals surface area contributed by atoms with E-state index in [0.717, 1.165) is 18.2 Å². The van der Waals surface area contributed by atoms with Gasteiger partial charge in [0.05, 0.1) is 6.10 Å². The van der Waals surface area contributed by atoms with Gasteiger partial charge in [-0.2, -0.15) is 0 Å². The van der Waals surface area contributed by atoms with Crippen LogP contribution in [0.2, 0.25) is 0 Å². The van der Waals surface area contributed by atoms with Gasteiger partial charge in [-0.25, -0.2) is 0 Å². The van der Waals surface area contributed by atoms with E-state index in [1.54, 1.807) is 0 Å². The number of nitrogens with zero attached hydrogens (tertiary/aromatic N) is 1. The predicted octanol–water partition coefficient (Wildman–Crippen LogP) is 3.01. The first kappa shape index (κ1) is 14.7. The van der Waals surface area contributed by atoms with Crippen LogP contribution in [0.4, 0.5) is 0 Å². The molecule has 0 amide bonds. The summed E-state index contributed by atoms with van der Waals surface area (Å²) < 4.78 is 0. The summed E-state index contributed by atoms with van der Waals surface area (Å²) in [6.45, 7) is 0.800. The summed E-state index contributed by atoms with van der Waals surface area (Å²) in [5.74, 6) is 1.34. The molecule has 2 atom stereocenters. The van der Waals surface area contributed by atoms with Gasteiger partial charge in [0.1, 0.15) is 0 Å². The van der Waals surface area contributed by atoms with Crippen molar-refractivity contribution in [3.8, 4) is 0 Å². The largest absolute Gasteiger partial charge is 0.392 e. The molecule has 2 nitrogen and oxygen atoms in total. The van der Waals surface area contributed by atoms with Crippen LogP contribution in [0.25, 0.3) is 0 Å². The number of rotatable bonds is 7. The van der Waals surface area contributed by atoms with E-state index < -0.39 is 0 Å². The summed E-state index contributed by atoms with van der Waals surface area (Å²) in [5, 5.41) is 10.6. The van der Waals surface area contributed by atoms with Gasteiger partial charge in [-0.1, -0.05) is 34.4 Å². The van der Waals surface area contributed by atoms with Gasteiger partial charge in [-0.15, -0.1) is 0 Å². The Morgan fingerprint density at radius 3 is 2.81 bits per heavy atom. The molecular formula is C12H25NOS2. The normalized spacial score (nSPS) is 23.6. The number of aliphatic hydroxyl groups is 1. The SMILES string of the molecule is CN(C)CC(O)CCCCC1CCCSS1. The first-order valence-electron chi connectivity index (χ1n) is 6.29. The Labute approximate surface area is 108 Å².